The maximum absolute atomic E-state index is 12.3. The van der Waals surface area contributed by atoms with Crippen molar-refractivity contribution in [3.05, 3.63) is 77.8 Å². The van der Waals surface area contributed by atoms with Gasteiger partial charge < -0.3 is 24.1 Å². The predicted octanol–water partition coefficient (Wildman–Crippen LogP) is 4.28. The standard InChI is InChI=1S/C25H25N3O4S/c1-30-24(29)18-9-3-2-8-17(18)20-11-12-21(32-20)23-22(19-10-4-5-13-26-19)27-25(33)28(23)15-16-7-6-14-31-16/h2-5,8-13,16,22-23H,6-7,14-15H2,1H3,(H,27,33)/t16-,22-,23-/m1/s1. The molecular formula is C25H25N3O4S. The number of pyridine rings is 1. The van der Waals surface area contributed by atoms with Crippen LogP contribution in [-0.4, -0.2) is 47.3 Å². The monoisotopic (exact) mass is 463 g/mol. The molecule has 3 aromatic rings. The number of aromatic nitrogens is 1. The molecule has 3 atom stereocenters. The quantitative estimate of drug-likeness (QED) is 0.429. The van der Waals surface area contributed by atoms with E-state index in [0.29, 0.717) is 28.5 Å². The second kappa shape index (κ2) is 9.33. The second-order valence-corrected chi connectivity index (χ2v) is 8.54. The van der Waals surface area contributed by atoms with Crippen LogP contribution in [0.2, 0.25) is 0 Å². The number of nitrogens with one attached hydrogen (secondary N) is 1. The van der Waals surface area contributed by atoms with Crippen molar-refractivity contribution in [3.63, 3.8) is 0 Å². The Kier molecular flexibility index (Phi) is 6.11. The lowest BCUT2D eigenvalue weighted by Gasteiger charge is -2.28. The van der Waals surface area contributed by atoms with Crippen molar-refractivity contribution in [1.82, 2.24) is 15.2 Å². The van der Waals surface area contributed by atoms with Crippen LogP contribution in [-0.2, 0) is 9.47 Å². The van der Waals surface area contributed by atoms with E-state index in [2.05, 4.69) is 15.2 Å². The lowest BCUT2D eigenvalue weighted by molar-refractivity contribution is 0.0601. The molecule has 170 valence electrons. The molecule has 0 spiro atoms. The van der Waals surface area contributed by atoms with Gasteiger partial charge in [0.2, 0.25) is 0 Å². The highest BCUT2D eigenvalue weighted by Gasteiger charge is 2.43. The van der Waals surface area contributed by atoms with E-state index in [9.17, 15) is 4.79 Å². The van der Waals surface area contributed by atoms with Crippen LogP contribution in [0.1, 0.15) is 46.7 Å². The Morgan fingerprint density at radius 3 is 2.82 bits per heavy atom. The molecule has 5 rings (SSSR count). The van der Waals surface area contributed by atoms with Crippen molar-refractivity contribution >= 4 is 23.3 Å². The normalized spacial score (nSPS) is 22.4. The maximum Gasteiger partial charge on any atom is 0.338 e. The topological polar surface area (TPSA) is 76.8 Å². The summed E-state index contributed by atoms with van der Waals surface area (Å²) in [5.74, 6) is 0.935. The van der Waals surface area contributed by atoms with Gasteiger partial charge in [-0.15, -0.1) is 0 Å². The number of hydrogen-bond acceptors (Lipinski definition) is 6. The van der Waals surface area contributed by atoms with Crippen molar-refractivity contribution < 1.29 is 18.7 Å². The minimum atomic E-state index is -0.404. The van der Waals surface area contributed by atoms with Gasteiger partial charge in [-0.2, -0.15) is 0 Å². The molecule has 7 nitrogen and oxygen atoms in total. The Hall–Kier alpha value is -3.23. The average molecular weight is 464 g/mol. The summed E-state index contributed by atoms with van der Waals surface area (Å²) in [5.41, 5.74) is 2.02. The van der Waals surface area contributed by atoms with Gasteiger partial charge in [-0.05, 0) is 55.4 Å². The van der Waals surface area contributed by atoms with Crippen molar-refractivity contribution in [3.8, 4) is 11.3 Å². The first-order valence-electron chi connectivity index (χ1n) is 11.0. The molecule has 2 aromatic heterocycles. The smallest absolute Gasteiger partial charge is 0.338 e. The lowest BCUT2D eigenvalue weighted by Crippen LogP contribution is -2.36. The molecule has 2 fully saturated rings. The van der Waals surface area contributed by atoms with E-state index in [4.69, 9.17) is 26.1 Å². The largest absolute Gasteiger partial charge is 0.465 e. The van der Waals surface area contributed by atoms with Crippen molar-refractivity contribution in [2.75, 3.05) is 20.3 Å². The number of furan rings is 1. The Morgan fingerprint density at radius 2 is 2.06 bits per heavy atom. The molecular weight excluding hydrogens is 438 g/mol. The summed E-state index contributed by atoms with van der Waals surface area (Å²) in [6.45, 7) is 1.46. The fourth-order valence-electron chi connectivity index (χ4n) is 4.56. The Morgan fingerprint density at radius 1 is 1.21 bits per heavy atom. The Labute approximate surface area is 197 Å². The summed E-state index contributed by atoms with van der Waals surface area (Å²) in [5, 5.41) is 4.09. The van der Waals surface area contributed by atoms with Crippen LogP contribution in [0.5, 0.6) is 0 Å². The number of methoxy groups -OCH3 is 1. The summed E-state index contributed by atoms with van der Waals surface area (Å²) >= 11 is 5.73. The zero-order chi connectivity index (χ0) is 22.8. The minimum Gasteiger partial charge on any atom is -0.465 e. The lowest BCUT2D eigenvalue weighted by atomic mass is 10.0. The van der Waals surface area contributed by atoms with Crippen LogP contribution in [0.3, 0.4) is 0 Å². The van der Waals surface area contributed by atoms with Gasteiger partial charge in [-0.25, -0.2) is 4.79 Å². The number of thiocarbonyl (C=S) groups is 1. The molecule has 2 saturated heterocycles. The van der Waals surface area contributed by atoms with Crippen LogP contribution in [0.25, 0.3) is 11.3 Å². The number of nitrogens with zero attached hydrogens (tertiary/aromatic N) is 2. The number of hydrogen-bond donors (Lipinski definition) is 1. The fraction of sp³-hybridized carbons (Fsp3) is 0.320. The van der Waals surface area contributed by atoms with Crippen LogP contribution in [0, 0.1) is 0 Å². The third-order valence-electron chi connectivity index (χ3n) is 6.14. The molecule has 33 heavy (non-hydrogen) atoms. The first kappa shape index (κ1) is 21.6. The molecule has 2 aliphatic heterocycles. The van der Waals surface area contributed by atoms with Crippen molar-refractivity contribution in [2.45, 2.75) is 31.0 Å². The Balaban J connectivity index is 1.52. The highest BCUT2D eigenvalue weighted by molar-refractivity contribution is 7.80. The van der Waals surface area contributed by atoms with E-state index in [1.807, 2.05) is 42.5 Å². The number of carbonyl (C=O) groups excluding carboxylic acids is 1. The molecule has 0 bridgehead atoms. The van der Waals surface area contributed by atoms with Crippen molar-refractivity contribution in [1.29, 1.82) is 0 Å². The first-order chi connectivity index (χ1) is 16.2. The summed E-state index contributed by atoms with van der Waals surface area (Å²) in [6.07, 6.45) is 3.97. The van der Waals surface area contributed by atoms with Crippen LogP contribution in [0.4, 0.5) is 0 Å². The summed E-state index contributed by atoms with van der Waals surface area (Å²) in [7, 11) is 1.37. The zero-order valence-corrected chi connectivity index (χ0v) is 19.1. The van der Waals surface area contributed by atoms with Gasteiger partial charge in [0, 0.05) is 24.9 Å². The van der Waals surface area contributed by atoms with Crippen LogP contribution in [0.15, 0.2) is 65.2 Å². The number of benzene rings is 1. The number of ether oxygens (including phenoxy) is 2. The average Bonchev–Trinajstić information content (AvgIpc) is 3.61. The number of carbonyl (C=O) groups is 1. The molecule has 0 unspecified atom stereocenters. The molecule has 0 amide bonds. The zero-order valence-electron chi connectivity index (χ0n) is 18.3. The summed E-state index contributed by atoms with van der Waals surface area (Å²) in [6, 6.07) is 16.6. The summed E-state index contributed by atoms with van der Waals surface area (Å²) in [4.78, 5) is 19.0. The number of rotatable bonds is 6. The minimum absolute atomic E-state index is 0.129. The van der Waals surface area contributed by atoms with E-state index in [0.717, 1.165) is 30.9 Å². The van der Waals surface area contributed by atoms with E-state index in [1.54, 1.807) is 18.3 Å². The van der Waals surface area contributed by atoms with E-state index in [1.165, 1.54) is 7.11 Å². The molecule has 0 radical (unpaired) electrons. The van der Waals surface area contributed by atoms with Gasteiger partial charge in [-0.3, -0.25) is 4.98 Å². The van der Waals surface area contributed by atoms with Crippen LogP contribution >= 0.6 is 12.2 Å². The SMILES string of the molecule is COC(=O)c1ccccc1-c1ccc([C@@H]2[C@@H](c3ccccn3)NC(=S)N2C[C@H]2CCCO2)o1. The fourth-order valence-corrected chi connectivity index (χ4v) is 4.88. The predicted molar refractivity (Wildman–Crippen MR) is 127 cm³/mol. The van der Waals surface area contributed by atoms with E-state index < -0.39 is 5.97 Å². The molecule has 4 heterocycles. The molecule has 0 saturated carbocycles. The van der Waals surface area contributed by atoms with E-state index in [-0.39, 0.29) is 18.2 Å². The molecule has 2 aliphatic rings. The van der Waals surface area contributed by atoms with E-state index >= 15 is 0 Å². The van der Waals surface area contributed by atoms with Crippen molar-refractivity contribution in [2.24, 2.45) is 0 Å². The molecule has 1 aromatic carbocycles. The molecule has 8 heteroatoms. The highest BCUT2D eigenvalue weighted by atomic mass is 32.1. The van der Waals surface area contributed by atoms with Gasteiger partial charge in [0.15, 0.2) is 5.11 Å². The number of esters is 1. The second-order valence-electron chi connectivity index (χ2n) is 8.15. The van der Waals surface area contributed by atoms with Crippen LogP contribution < -0.4 is 5.32 Å². The van der Waals surface area contributed by atoms with Gasteiger partial charge >= 0.3 is 5.97 Å². The van der Waals surface area contributed by atoms with Gasteiger partial charge in [0.25, 0.3) is 0 Å². The maximum atomic E-state index is 12.3. The third kappa shape index (κ3) is 4.24. The third-order valence-corrected chi connectivity index (χ3v) is 6.49. The first-order valence-corrected chi connectivity index (χ1v) is 11.4. The van der Waals surface area contributed by atoms with Gasteiger partial charge in [0.1, 0.15) is 17.6 Å². The van der Waals surface area contributed by atoms with Gasteiger partial charge in [-0.1, -0.05) is 24.3 Å². The Bertz CT molecular complexity index is 1140. The van der Waals surface area contributed by atoms with Gasteiger partial charge in [0.05, 0.1) is 30.5 Å². The molecule has 1 N–H and O–H groups in total. The summed E-state index contributed by atoms with van der Waals surface area (Å²) < 4.78 is 17.2. The highest BCUT2D eigenvalue weighted by Crippen LogP contribution is 2.41. The molecule has 0 aliphatic carbocycles.